The minimum absolute atomic E-state index is 0.185. The molecule has 14 heavy (non-hydrogen) atoms. The van der Waals surface area contributed by atoms with Crippen LogP contribution < -0.4 is 0 Å². The van der Waals surface area contributed by atoms with E-state index in [-0.39, 0.29) is 17.7 Å². The van der Waals surface area contributed by atoms with Gasteiger partial charge in [0.15, 0.2) is 0 Å². The fourth-order valence-electron chi connectivity index (χ4n) is 1.11. The van der Waals surface area contributed by atoms with E-state index < -0.39 is 0 Å². The first-order chi connectivity index (χ1) is 6.63. The van der Waals surface area contributed by atoms with Crippen molar-refractivity contribution in [3.8, 4) is 0 Å². The normalized spacial score (nSPS) is 12.9. The Kier molecular flexibility index (Phi) is 4.42. The van der Waals surface area contributed by atoms with Gasteiger partial charge in [0.05, 0.1) is 6.61 Å². The highest BCUT2D eigenvalue weighted by Gasteiger charge is 2.04. The van der Waals surface area contributed by atoms with Crippen molar-refractivity contribution in [2.24, 2.45) is 0 Å². The number of aliphatic hydroxyl groups is 1. The number of rotatable bonds is 4. The van der Waals surface area contributed by atoms with Crippen molar-refractivity contribution in [2.75, 3.05) is 6.61 Å². The molecular weight excluding hydrogens is 199 g/mol. The number of aryl methyl sites for hydroxylation is 1. The first-order valence-electron chi connectivity index (χ1n) is 4.61. The van der Waals surface area contributed by atoms with Gasteiger partial charge in [-0.3, -0.25) is 0 Å². The Labute approximate surface area is 88.3 Å². The minimum Gasteiger partial charge on any atom is -0.395 e. The first-order valence-corrected chi connectivity index (χ1v) is 5.66. The van der Waals surface area contributed by atoms with E-state index in [0.29, 0.717) is 0 Å². The monoisotopic (exact) mass is 214 g/mol. The molecule has 0 bridgehead atoms. The lowest BCUT2D eigenvalue weighted by Gasteiger charge is -2.09. The Balaban J connectivity index is 2.59. The van der Waals surface area contributed by atoms with E-state index in [4.69, 9.17) is 5.11 Å². The van der Waals surface area contributed by atoms with E-state index in [9.17, 15) is 4.39 Å². The molecule has 0 fully saturated rings. The standard InChI is InChI=1S/C11H15FOS/c1-8-5-11(12)4-3-10(8)7-14-9(2)6-13/h3-5,9,13H,6-7H2,1-2H3. The average molecular weight is 214 g/mol. The van der Waals surface area contributed by atoms with Crippen LogP contribution in [0.3, 0.4) is 0 Å². The van der Waals surface area contributed by atoms with Crippen LogP contribution in [0.2, 0.25) is 0 Å². The van der Waals surface area contributed by atoms with Gasteiger partial charge in [0.1, 0.15) is 5.82 Å². The summed E-state index contributed by atoms with van der Waals surface area (Å²) in [4.78, 5) is 0. The highest BCUT2D eigenvalue weighted by atomic mass is 32.2. The summed E-state index contributed by atoms with van der Waals surface area (Å²) in [5, 5.41) is 9.08. The van der Waals surface area contributed by atoms with Gasteiger partial charge in [-0.25, -0.2) is 4.39 Å². The zero-order chi connectivity index (χ0) is 10.6. The molecule has 1 unspecified atom stereocenters. The van der Waals surface area contributed by atoms with Crippen LogP contribution in [0.25, 0.3) is 0 Å². The quantitative estimate of drug-likeness (QED) is 0.831. The molecule has 1 atom stereocenters. The molecule has 0 aliphatic rings. The molecule has 0 radical (unpaired) electrons. The van der Waals surface area contributed by atoms with Crippen molar-refractivity contribution >= 4 is 11.8 Å². The highest BCUT2D eigenvalue weighted by molar-refractivity contribution is 7.99. The molecular formula is C11H15FOS. The Morgan fingerprint density at radius 2 is 2.21 bits per heavy atom. The van der Waals surface area contributed by atoms with Gasteiger partial charge >= 0.3 is 0 Å². The molecule has 0 amide bonds. The Bertz CT molecular complexity index is 301. The zero-order valence-corrected chi connectivity index (χ0v) is 9.27. The Morgan fingerprint density at radius 1 is 1.50 bits per heavy atom. The van der Waals surface area contributed by atoms with E-state index in [1.165, 1.54) is 6.07 Å². The second-order valence-corrected chi connectivity index (χ2v) is 4.80. The topological polar surface area (TPSA) is 20.2 Å². The molecule has 1 N–H and O–H groups in total. The lowest BCUT2D eigenvalue weighted by molar-refractivity contribution is 0.300. The molecule has 0 saturated carbocycles. The summed E-state index contributed by atoms with van der Waals surface area (Å²) in [5.41, 5.74) is 2.11. The lowest BCUT2D eigenvalue weighted by Crippen LogP contribution is -2.02. The molecule has 0 spiro atoms. The highest BCUT2D eigenvalue weighted by Crippen LogP contribution is 2.20. The van der Waals surface area contributed by atoms with E-state index in [1.807, 2.05) is 19.9 Å². The van der Waals surface area contributed by atoms with Crippen LogP contribution in [0.1, 0.15) is 18.1 Å². The summed E-state index contributed by atoms with van der Waals surface area (Å²) < 4.78 is 12.8. The van der Waals surface area contributed by atoms with Crippen LogP contribution >= 0.6 is 11.8 Å². The Hall–Kier alpha value is -0.540. The lowest BCUT2D eigenvalue weighted by atomic mass is 10.1. The van der Waals surface area contributed by atoms with Crippen LogP contribution in [-0.4, -0.2) is 17.0 Å². The maximum Gasteiger partial charge on any atom is 0.123 e. The van der Waals surface area contributed by atoms with Gasteiger partial charge in [-0.1, -0.05) is 13.0 Å². The van der Waals surface area contributed by atoms with Gasteiger partial charge in [0, 0.05) is 11.0 Å². The fourth-order valence-corrected chi connectivity index (χ4v) is 2.00. The molecule has 0 aliphatic heterocycles. The number of aliphatic hydroxyl groups excluding tert-OH is 1. The molecule has 1 aromatic carbocycles. The summed E-state index contributed by atoms with van der Waals surface area (Å²) in [7, 11) is 0. The smallest absolute Gasteiger partial charge is 0.123 e. The second kappa shape index (κ2) is 5.37. The van der Waals surface area contributed by atoms with Gasteiger partial charge in [0.25, 0.3) is 0 Å². The van der Waals surface area contributed by atoms with Crippen LogP contribution in [-0.2, 0) is 5.75 Å². The molecule has 1 aromatic rings. The molecule has 0 aliphatic carbocycles. The summed E-state index contributed by atoms with van der Waals surface area (Å²) in [6, 6.07) is 4.83. The number of hydrogen-bond donors (Lipinski definition) is 1. The molecule has 1 nitrogen and oxygen atoms in total. The van der Waals surface area contributed by atoms with Crippen molar-refractivity contribution in [1.29, 1.82) is 0 Å². The third-order valence-electron chi connectivity index (χ3n) is 2.09. The SMILES string of the molecule is Cc1cc(F)ccc1CSC(C)CO. The number of halogens is 1. The van der Waals surface area contributed by atoms with Crippen molar-refractivity contribution in [3.05, 3.63) is 35.1 Å². The van der Waals surface area contributed by atoms with Crippen molar-refractivity contribution in [1.82, 2.24) is 0 Å². The largest absolute Gasteiger partial charge is 0.395 e. The molecule has 0 saturated heterocycles. The summed E-state index contributed by atoms with van der Waals surface area (Å²) in [6.07, 6.45) is 0. The van der Waals surface area contributed by atoms with Crippen LogP contribution in [0, 0.1) is 12.7 Å². The van der Waals surface area contributed by atoms with Crippen LogP contribution in [0.4, 0.5) is 4.39 Å². The van der Waals surface area contributed by atoms with Crippen molar-refractivity contribution in [2.45, 2.75) is 24.9 Å². The van der Waals surface area contributed by atoms with Gasteiger partial charge in [0.2, 0.25) is 0 Å². The number of benzene rings is 1. The molecule has 3 heteroatoms. The summed E-state index contributed by atoms with van der Waals surface area (Å²) in [6.45, 7) is 4.07. The summed E-state index contributed by atoms with van der Waals surface area (Å²) >= 11 is 1.68. The predicted octanol–water partition coefficient (Wildman–Crippen LogP) is 2.75. The maximum atomic E-state index is 12.8. The zero-order valence-electron chi connectivity index (χ0n) is 8.46. The van der Waals surface area contributed by atoms with Crippen LogP contribution in [0.5, 0.6) is 0 Å². The third-order valence-corrected chi connectivity index (χ3v) is 3.28. The van der Waals surface area contributed by atoms with E-state index in [0.717, 1.165) is 16.9 Å². The maximum absolute atomic E-state index is 12.8. The predicted molar refractivity (Wildman–Crippen MR) is 59.0 cm³/mol. The van der Waals surface area contributed by atoms with Gasteiger partial charge in [-0.05, 0) is 30.2 Å². The number of hydrogen-bond acceptors (Lipinski definition) is 2. The Morgan fingerprint density at radius 3 is 2.79 bits per heavy atom. The van der Waals surface area contributed by atoms with Crippen LogP contribution in [0.15, 0.2) is 18.2 Å². The molecule has 0 aromatic heterocycles. The average Bonchev–Trinajstić information content (AvgIpc) is 2.16. The van der Waals surface area contributed by atoms with Gasteiger partial charge < -0.3 is 5.11 Å². The third kappa shape index (κ3) is 3.31. The van der Waals surface area contributed by atoms with Gasteiger partial charge in [-0.15, -0.1) is 0 Å². The van der Waals surface area contributed by atoms with Crippen molar-refractivity contribution < 1.29 is 9.50 Å². The van der Waals surface area contributed by atoms with E-state index in [1.54, 1.807) is 17.8 Å². The van der Waals surface area contributed by atoms with E-state index >= 15 is 0 Å². The minimum atomic E-state index is -0.188. The van der Waals surface area contributed by atoms with Crippen molar-refractivity contribution in [3.63, 3.8) is 0 Å². The molecule has 78 valence electrons. The molecule has 0 heterocycles. The fraction of sp³-hybridized carbons (Fsp3) is 0.455. The van der Waals surface area contributed by atoms with E-state index in [2.05, 4.69) is 0 Å². The number of thioether (sulfide) groups is 1. The second-order valence-electron chi connectivity index (χ2n) is 3.38. The first kappa shape index (κ1) is 11.5. The van der Waals surface area contributed by atoms with Gasteiger partial charge in [-0.2, -0.15) is 11.8 Å². The molecule has 1 rings (SSSR count). The summed E-state index contributed by atoms with van der Waals surface area (Å²) in [5.74, 6) is 0.639.